The lowest BCUT2D eigenvalue weighted by molar-refractivity contribution is 0.0807. The first-order valence-electron chi connectivity index (χ1n) is 4.39. The van der Waals surface area contributed by atoms with Gasteiger partial charge in [0.2, 0.25) is 0 Å². The number of nitrogens with two attached hydrogens (primary N) is 1. The molecule has 13 heavy (non-hydrogen) atoms. The smallest absolute Gasteiger partial charge is 0.0846 e. The number of hydrogen-bond donors (Lipinski definition) is 3. The normalized spacial score (nSPS) is 26.0. The van der Waals surface area contributed by atoms with Gasteiger partial charge in [-0.3, -0.25) is 0 Å². The van der Waals surface area contributed by atoms with Gasteiger partial charge in [0.05, 0.1) is 6.10 Å². The van der Waals surface area contributed by atoms with Gasteiger partial charge < -0.3 is 15.9 Å². The summed E-state index contributed by atoms with van der Waals surface area (Å²) in [5, 5.41) is 18.7. The molecule has 2 atom stereocenters. The second-order valence-electron chi connectivity index (χ2n) is 3.55. The standard InChI is InChI=1S/C10H13NO2/c11-8-1-2-9-6(4-8)3-7(5-12)10(9)13/h1-2,4,7,10,12-13H,3,5,11H2. The fourth-order valence-corrected chi connectivity index (χ4v) is 1.90. The Kier molecular flexibility index (Phi) is 1.98. The van der Waals surface area contributed by atoms with E-state index in [4.69, 9.17) is 10.8 Å². The Morgan fingerprint density at radius 2 is 2.23 bits per heavy atom. The molecule has 0 saturated heterocycles. The summed E-state index contributed by atoms with van der Waals surface area (Å²) in [4.78, 5) is 0. The van der Waals surface area contributed by atoms with Crippen LogP contribution in [0.5, 0.6) is 0 Å². The summed E-state index contributed by atoms with van der Waals surface area (Å²) < 4.78 is 0. The third-order valence-electron chi connectivity index (χ3n) is 2.65. The van der Waals surface area contributed by atoms with Crippen LogP contribution in [-0.4, -0.2) is 16.8 Å². The lowest BCUT2D eigenvalue weighted by Crippen LogP contribution is -2.11. The van der Waals surface area contributed by atoms with E-state index in [-0.39, 0.29) is 12.5 Å². The summed E-state index contributed by atoms with van der Waals surface area (Å²) >= 11 is 0. The monoisotopic (exact) mass is 179 g/mol. The number of aliphatic hydroxyl groups is 2. The molecule has 4 N–H and O–H groups in total. The highest BCUT2D eigenvalue weighted by Gasteiger charge is 2.29. The van der Waals surface area contributed by atoms with E-state index in [1.54, 1.807) is 6.07 Å². The minimum atomic E-state index is -0.527. The van der Waals surface area contributed by atoms with E-state index in [9.17, 15) is 5.11 Å². The first-order valence-corrected chi connectivity index (χ1v) is 4.39. The Morgan fingerprint density at radius 1 is 1.46 bits per heavy atom. The predicted octanol–water partition coefficient (Wildman–Crippen LogP) is 0.467. The molecule has 3 heteroatoms. The quantitative estimate of drug-likeness (QED) is 0.549. The van der Waals surface area contributed by atoms with Gasteiger partial charge in [-0.05, 0) is 29.7 Å². The number of anilines is 1. The second kappa shape index (κ2) is 3.01. The second-order valence-corrected chi connectivity index (χ2v) is 3.55. The fourth-order valence-electron chi connectivity index (χ4n) is 1.90. The highest BCUT2D eigenvalue weighted by atomic mass is 16.3. The van der Waals surface area contributed by atoms with Crippen molar-refractivity contribution in [3.05, 3.63) is 29.3 Å². The zero-order valence-electron chi connectivity index (χ0n) is 7.27. The van der Waals surface area contributed by atoms with E-state index >= 15 is 0 Å². The molecule has 1 aliphatic rings. The van der Waals surface area contributed by atoms with Crippen LogP contribution in [0.25, 0.3) is 0 Å². The molecule has 0 saturated carbocycles. The fraction of sp³-hybridized carbons (Fsp3) is 0.400. The average Bonchev–Trinajstić information content (AvgIpc) is 2.42. The summed E-state index contributed by atoms with van der Waals surface area (Å²) in [6, 6.07) is 5.49. The zero-order chi connectivity index (χ0) is 9.42. The van der Waals surface area contributed by atoms with Crippen LogP contribution in [0.2, 0.25) is 0 Å². The predicted molar refractivity (Wildman–Crippen MR) is 50.1 cm³/mol. The molecule has 0 fully saturated rings. The van der Waals surface area contributed by atoms with Crippen molar-refractivity contribution in [2.24, 2.45) is 5.92 Å². The molecular weight excluding hydrogens is 166 g/mol. The Morgan fingerprint density at radius 3 is 2.92 bits per heavy atom. The molecule has 0 bridgehead atoms. The Bertz CT molecular complexity index is 325. The molecule has 0 aromatic heterocycles. The topological polar surface area (TPSA) is 66.5 Å². The van der Waals surface area contributed by atoms with E-state index < -0.39 is 6.10 Å². The summed E-state index contributed by atoms with van der Waals surface area (Å²) in [5.74, 6) is -0.0585. The Labute approximate surface area is 76.8 Å². The van der Waals surface area contributed by atoms with Gasteiger partial charge in [0.1, 0.15) is 0 Å². The van der Waals surface area contributed by atoms with Crippen LogP contribution in [0, 0.1) is 5.92 Å². The van der Waals surface area contributed by atoms with E-state index in [2.05, 4.69) is 0 Å². The van der Waals surface area contributed by atoms with Crippen LogP contribution >= 0.6 is 0 Å². The largest absolute Gasteiger partial charge is 0.399 e. The molecule has 70 valence electrons. The molecule has 0 heterocycles. The van der Waals surface area contributed by atoms with Crippen LogP contribution in [-0.2, 0) is 6.42 Å². The van der Waals surface area contributed by atoms with Crippen molar-refractivity contribution < 1.29 is 10.2 Å². The van der Waals surface area contributed by atoms with Gasteiger partial charge in [0.15, 0.2) is 0 Å². The van der Waals surface area contributed by atoms with Crippen molar-refractivity contribution in [1.82, 2.24) is 0 Å². The highest BCUT2D eigenvalue weighted by Crippen LogP contribution is 2.36. The van der Waals surface area contributed by atoms with Crippen molar-refractivity contribution in [2.75, 3.05) is 12.3 Å². The molecule has 2 rings (SSSR count). The van der Waals surface area contributed by atoms with Gasteiger partial charge in [-0.25, -0.2) is 0 Å². The van der Waals surface area contributed by atoms with Crippen LogP contribution < -0.4 is 5.73 Å². The third kappa shape index (κ3) is 1.30. The Hall–Kier alpha value is -1.06. The van der Waals surface area contributed by atoms with E-state index in [0.717, 1.165) is 17.5 Å². The minimum absolute atomic E-state index is 0.0236. The first-order chi connectivity index (χ1) is 6.22. The number of fused-ring (bicyclic) bond motifs is 1. The van der Waals surface area contributed by atoms with Crippen molar-refractivity contribution >= 4 is 5.69 Å². The Balaban J connectivity index is 2.38. The maximum absolute atomic E-state index is 9.73. The van der Waals surface area contributed by atoms with Gasteiger partial charge in [-0.2, -0.15) is 0 Å². The molecule has 0 amide bonds. The molecule has 2 unspecified atom stereocenters. The number of rotatable bonds is 1. The maximum Gasteiger partial charge on any atom is 0.0846 e. The number of benzene rings is 1. The van der Waals surface area contributed by atoms with Gasteiger partial charge in [-0.1, -0.05) is 6.07 Å². The number of aliphatic hydroxyl groups excluding tert-OH is 2. The van der Waals surface area contributed by atoms with E-state index in [1.165, 1.54) is 0 Å². The van der Waals surface area contributed by atoms with Gasteiger partial charge >= 0.3 is 0 Å². The summed E-state index contributed by atoms with van der Waals surface area (Å²) in [7, 11) is 0. The van der Waals surface area contributed by atoms with Crippen LogP contribution in [0.15, 0.2) is 18.2 Å². The lowest BCUT2D eigenvalue weighted by Gasteiger charge is -2.10. The molecule has 1 aliphatic carbocycles. The summed E-state index contributed by atoms with van der Waals surface area (Å²) in [5.41, 5.74) is 8.30. The van der Waals surface area contributed by atoms with Crippen LogP contribution in [0.4, 0.5) is 5.69 Å². The summed E-state index contributed by atoms with van der Waals surface area (Å²) in [6.07, 6.45) is 0.193. The first kappa shape index (κ1) is 8.53. The van der Waals surface area contributed by atoms with Gasteiger partial charge in [-0.15, -0.1) is 0 Å². The molecule has 0 aliphatic heterocycles. The van der Waals surface area contributed by atoms with Crippen molar-refractivity contribution in [2.45, 2.75) is 12.5 Å². The lowest BCUT2D eigenvalue weighted by atomic mass is 10.1. The minimum Gasteiger partial charge on any atom is -0.399 e. The van der Waals surface area contributed by atoms with E-state index in [1.807, 2.05) is 12.1 Å². The van der Waals surface area contributed by atoms with Gasteiger partial charge in [0, 0.05) is 18.2 Å². The van der Waals surface area contributed by atoms with Gasteiger partial charge in [0.25, 0.3) is 0 Å². The molecule has 0 spiro atoms. The van der Waals surface area contributed by atoms with Crippen molar-refractivity contribution in [1.29, 1.82) is 0 Å². The number of hydrogen-bond acceptors (Lipinski definition) is 3. The molecular formula is C10H13NO2. The van der Waals surface area contributed by atoms with Crippen molar-refractivity contribution in [3.8, 4) is 0 Å². The summed E-state index contributed by atoms with van der Waals surface area (Å²) in [6.45, 7) is 0.0236. The molecule has 1 aromatic carbocycles. The highest BCUT2D eigenvalue weighted by molar-refractivity contribution is 5.47. The third-order valence-corrected chi connectivity index (χ3v) is 2.65. The molecule has 3 nitrogen and oxygen atoms in total. The maximum atomic E-state index is 9.73. The number of nitrogen functional groups attached to an aromatic ring is 1. The SMILES string of the molecule is Nc1ccc2c(c1)CC(CO)C2O. The zero-order valence-corrected chi connectivity index (χ0v) is 7.27. The van der Waals surface area contributed by atoms with Crippen LogP contribution in [0.3, 0.4) is 0 Å². The molecule has 0 radical (unpaired) electrons. The van der Waals surface area contributed by atoms with Crippen LogP contribution in [0.1, 0.15) is 17.2 Å². The molecule has 1 aromatic rings. The van der Waals surface area contributed by atoms with Crippen molar-refractivity contribution in [3.63, 3.8) is 0 Å². The average molecular weight is 179 g/mol. The van der Waals surface area contributed by atoms with E-state index in [0.29, 0.717) is 5.69 Å².